The molecule has 0 radical (unpaired) electrons. The van der Waals surface area contributed by atoms with Crippen LogP contribution in [0, 0.1) is 5.92 Å². The fourth-order valence-electron chi connectivity index (χ4n) is 5.44. The molecular formula is C35H46N4O5. The summed E-state index contributed by atoms with van der Waals surface area (Å²) in [5.74, 6) is -0.135. The van der Waals surface area contributed by atoms with Crippen molar-refractivity contribution in [1.82, 2.24) is 14.8 Å². The standard InChI is InChI=1S/C35H46N4O5/c1-25-21-39(26(2)24-40)35(42)31-20-30(37-34(41)29-15-17-36-18-16-29)13-14-32(31)44-27(3)10-8-9-19-43-33(25)23-38(4)22-28-11-6-5-7-12-28/h5-7,11-18,20,25-27,33,40H,8-10,19,21-24H2,1-4H3,(H,37,41)/t25-,26+,27-,33-/m1/s1. The molecule has 4 rings (SSSR count). The molecule has 0 saturated carbocycles. The van der Waals surface area contributed by atoms with Gasteiger partial charge in [-0.05, 0) is 76.1 Å². The van der Waals surface area contributed by atoms with Crippen LogP contribution in [0.25, 0.3) is 0 Å². The molecule has 236 valence electrons. The molecule has 0 unspecified atom stereocenters. The van der Waals surface area contributed by atoms with E-state index in [1.807, 2.05) is 32.0 Å². The van der Waals surface area contributed by atoms with Gasteiger partial charge < -0.3 is 24.8 Å². The maximum absolute atomic E-state index is 14.3. The number of fused-ring (bicyclic) bond motifs is 1. The van der Waals surface area contributed by atoms with Crippen LogP contribution in [0.3, 0.4) is 0 Å². The van der Waals surface area contributed by atoms with E-state index in [2.05, 4.69) is 41.3 Å². The number of nitrogens with one attached hydrogen (secondary N) is 1. The molecular weight excluding hydrogens is 556 g/mol. The molecule has 4 atom stereocenters. The highest BCUT2D eigenvalue weighted by Crippen LogP contribution is 2.29. The molecule has 2 aromatic carbocycles. The van der Waals surface area contributed by atoms with Crippen molar-refractivity contribution in [3.8, 4) is 5.75 Å². The second-order valence-corrected chi connectivity index (χ2v) is 11.9. The third kappa shape index (κ3) is 9.35. The molecule has 9 nitrogen and oxygen atoms in total. The zero-order chi connectivity index (χ0) is 31.5. The monoisotopic (exact) mass is 602 g/mol. The van der Waals surface area contributed by atoms with E-state index >= 15 is 0 Å². The van der Waals surface area contributed by atoms with Crippen LogP contribution in [0.15, 0.2) is 73.1 Å². The van der Waals surface area contributed by atoms with E-state index < -0.39 is 6.04 Å². The molecule has 0 saturated heterocycles. The third-order valence-corrected chi connectivity index (χ3v) is 8.04. The summed E-state index contributed by atoms with van der Waals surface area (Å²) in [6.45, 7) is 8.24. The lowest BCUT2D eigenvalue weighted by Crippen LogP contribution is -2.47. The highest BCUT2D eigenvalue weighted by Gasteiger charge is 2.30. The minimum atomic E-state index is -0.444. The molecule has 1 aromatic heterocycles. The average molecular weight is 603 g/mol. The number of carbonyl (C=O) groups excluding carboxylic acids is 2. The molecule has 0 spiro atoms. The molecule has 1 aliphatic rings. The minimum absolute atomic E-state index is 0.0213. The molecule has 3 aromatic rings. The smallest absolute Gasteiger partial charge is 0.258 e. The van der Waals surface area contributed by atoms with E-state index in [9.17, 15) is 14.7 Å². The first-order valence-corrected chi connectivity index (χ1v) is 15.5. The van der Waals surface area contributed by atoms with Crippen LogP contribution in [0.1, 0.15) is 66.3 Å². The third-order valence-electron chi connectivity index (χ3n) is 8.04. The molecule has 0 aliphatic carbocycles. The number of benzene rings is 2. The highest BCUT2D eigenvalue weighted by molar-refractivity contribution is 6.05. The number of hydrogen-bond donors (Lipinski definition) is 2. The lowest BCUT2D eigenvalue weighted by molar-refractivity contribution is -0.0177. The van der Waals surface area contributed by atoms with Crippen LogP contribution < -0.4 is 10.1 Å². The molecule has 2 amide bonds. The number of anilines is 1. The summed E-state index contributed by atoms with van der Waals surface area (Å²) < 4.78 is 12.8. The van der Waals surface area contributed by atoms with Gasteiger partial charge in [-0.3, -0.25) is 19.5 Å². The number of aromatic nitrogens is 1. The first-order chi connectivity index (χ1) is 21.2. The Morgan fingerprint density at radius 2 is 1.86 bits per heavy atom. The van der Waals surface area contributed by atoms with Crippen LogP contribution in [0.5, 0.6) is 5.75 Å². The van der Waals surface area contributed by atoms with Crippen molar-refractivity contribution >= 4 is 17.5 Å². The van der Waals surface area contributed by atoms with E-state index in [0.29, 0.717) is 42.3 Å². The van der Waals surface area contributed by atoms with E-state index in [0.717, 1.165) is 25.8 Å². The molecule has 0 bridgehead atoms. The molecule has 1 aliphatic heterocycles. The van der Waals surface area contributed by atoms with Crippen LogP contribution in [0.2, 0.25) is 0 Å². The Morgan fingerprint density at radius 3 is 2.59 bits per heavy atom. The van der Waals surface area contributed by atoms with Gasteiger partial charge in [0.2, 0.25) is 0 Å². The average Bonchev–Trinajstić information content (AvgIpc) is 3.03. The predicted molar refractivity (Wildman–Crippen MR) is 172 cm³/mol. The predicted octanol–water partition coefficient (Wildman–Crippen LogP) is 5.26. The number of amides is 2. The first kappa shape index (κ1) is 33.1. The zero-order valence-corrected chi connectivity index (χ0v) is 26.3. The number of aliphatic hydroxyl groups excluding tert-OH is 1. The van der Waals surface area contributed by atoms with E-state index in [4.69, 9.17) is 9.47 Å². The van der Waals surface area contributed by atoms with Crippen molar-refractivity contribution in [2.45, 2.75) is 64.8 Å². The van der Waals surface area contributed by atoms with Crippen LogP contribution in [-0.4, -0.2) is 83.3 Å². The van der Waals surface area contributed by atoms with E-state index in [1.165, 1.54) is 5.56 Å². The number of rotatable bonds is 8. The number of carbonyl (C=O) groups is 2. The number of likely N-dealkylation sites (N-methyl/N-ethyl adjacent to an activating group) is 1. The van der Waals surface area contributed by atoms with Gasteiger partial charge in [0.15, 0.2) is 0 Å². The van der Waals surface area contributed by atoms with Crippen LogP contribution in [-0.2, 0) is 11.3 Å². The normalized spacial score (nSPS) is 20.7. The molecule has 9 heteroatoms. The van der Waals surface area contributed by atoms with Gasteiger partial charge in [0.05, 0.1) is 30.4 Å². The minimum Gasteiger partial charge on any atom is -0.490 e. The van der Waals surface area contributed by atoms with E-state index in [1.54, 1.807) is 47.6 Å². The number of aliphatic hydroxyl groups is 1. The number of pyridine rings is 1. The number of ether oxygens (including phenoxy) is 2. The summed E-state index contributed by atoms with van der Waals surface area (Å²) in [6, 6.07) is 18.3. The maximum atomic E-state index is 14.3. The Kier molecular flexibility index (Phi) is 12.3. The number of hydrogen-bond acceptors (Lipinski definition) is 7. The summed E-state index contributed by atoms with van der Waals surface area (Å²) in [6.07, 6.45) is 5.51. The van der Waals surface area contributed by atoms with Crippen molar-refractivity contribution < 1.29 is 24.2 Å². The highest BCUT2D eigenvalue weighted by atomic mass is 16.5. The first-order valence-electron chi connectivity index (χ1n) is 15.5. The Balaban J connectivity index is 1.61. The van der Waals surface area contributed by atoms with Gasteiger partial charge in [-0.25, -0.2) is 0 Å². The largest absolute Gasteiger partial charge is 0.490 e. The van der Waals surface area contributed by atoms with Gasteiger partial charge in [-0.1, -0.05) is 37.3 Å². The van der Waals surface area contributed by atoms with Gasteiger partial charge in [0.1, 0.15) is 5.75 Å². The van der Waals surface area contributed by atoms with Crippen molar-refractivity contribution in [2.75, 3.05) is 38.7 Å². The lowest BCUT2D eigenvalue weighted by Gasteiger charge is -2.36. The number of nitrogens with zero attached hydrogens (tertiary/aromatic N) is 3. The molecule has 2 heterocycles. The van der Waals surface area contributed by atoms with Crippen molar-refractivity contribution in [1.29, 1.82) is 0 Å². The zero-order valence-electron chi connectivity index (χ0n) is 26.3. The van der Waals surface area contributed by atoms with Crippen LogP contribution in [0.4, 0.5) is 5.69 Å². The topological polar surface area (TPSA) is 104 Å². The Hall–Kier alpha value is -3.79. The Bertz CT molecular complexity index is 1340. The Morgan fingerprint density at radius 1 is 1.11 bits per heavy atom. The van der Waals surface area contributed by atoms with Crippen molar-refractivity contribution in [3.05, 3.63) is 89.7 Å². The van der Waals surface area contributed by atoms with Gasteiger partial charge >= 0.3 is 0 Å². The van der Waals surface area contributed by atoms with Gasteiger partial charge in [-0.2, -0.15) is 0 Å². The second-order valence-electron chi connectivity index (χ2n) is 11.9. The Labute approximate surface area is 261 Å². The molecule has 0 fully saturated rings. The van der Waals surface area contributed by atoms with Crippen LogP contribution >= 0.6 is 0 Å². The second kappa shape index (κ2) is 16.3. The van der Waals surface area contributed by atoms with Crippen molar-refractivity contribution in [2.24, 2.45) is 5.92 Å². The maximum Gasteiger partial charge on any atom is 0.258 e. The van der Waals surface area contributed by atoms with Crippen molar-refractivity contribution in [3.63, 3.8) is 0 Å². The van der Waals surface area contributed by atoms with Gasteiger partial charge in [-0.15, -0.1) is 0 Å². The van der Waals surface area contributed by atoms with E-state index in [-0.39, 0.29) is 36.5 Å². The summed E-state index contributed by atoms with van der Waals surface area (Å²) >= 11 is 0. The summed E-state index contributed by atoms with van der Waals surface area (Å²) in [7, 11) is 2.09. The van der Waals surface area contributed by atoms with Gasteiger partial charge in [0, 0.05) is 55.8 Å². The molecule has 2 N–H and O–H groups in total. The summed E-state index contributed by atoms with van der Waals surface area (Å²) in [5.41, 5.74) is 2.51. The SMILES string of the molecule is C[C@@H]1CCCCO[C@H](CN(C)Cc2ccccc2)[C@H](C)CN([C@@H](C)CO)C(=O)c2cc(NC(=O)c3ccncc3)ccc2O1. The quantitative estimate of drug-likeness (QED) is 0.363. The molecule has 44 heavy (non-hydrogen) atoms. The summed E-state index contributed by atoms with van der Waals surface area (Å²) in [4.78, 5) is 35.1. The lowest BCUT2D eigenvalue weighted by atomic mass is 10.0. The fourth-order valence-corrected chi connectivity index (χ4v) is 5.44. The van der Waals surface area contributed by atoms with Gasteiger partial charge in [0.25, 0.3) is 11.8 Å². The fraction of sp³-hybridized carbons (Fsp3) is 0.457. The summed E-state index contributed by atoms with van der Waals surface area (Å²) in [5, 5.41) is 13.1.